The number of aromatic nitrogens is 3. The van der Waals surface area contributed by atoms with Gasteiger partial charge in [0.2, 0.25) is 0 Å². The average molecular weight is 371 g/mol. The molecule has 142 valence electrons. The van der Waals surface area contributed by atoms with Crippen molar-refractivity contribution in [3.8, 4) is 11.3 Å². The van der Waals surface area contributed by atoms with Gasteiger partial charge in [0.05, 0.1) is 5.52 Å². The summed E-state index contributed by atoms with van der Waals surface area (Å²) in [5, 5.41) is 6.13. The van der Waals surface area contributed by atoms with Crippen molar-refractivity contribution in [1.82, 2.24) is 14.8 Å². The van der Waals surface area contributed by atoms with Gasteiger partial charge in [-0.05, 0) is 44.5 Å². The van der Waals surface area contributed by atoms with E-state index >= 15 is 0 Å². The average Bonchev–Trinajstić information content (AvgIpc) is 3.08. The van der Waals surface area contributed by atoms with E-state index in [0.29, 0.717) is 6.42 Å². The molecule has 4 nitrogen and oxygen atoms in total. The Morgan fingerprint density at radius 3 is 2.46 bits per heavy atom. The highest BCUT2D eigenvalue weighted by atomic mass is 15.3. The van der Waals surface area contributed by atoms with Crippen LogP contribution >= 0.6 is 0 Å². The molecule has 2 aromatic carbocycles. The van der Waals surface area contributed by atoms with Crippen LogP contribution in [0.2, 0.25) is 0 Å². The molecule has 0 amide bonds. The fourth-order valence-corrected chi connectivity index (χ4v) is 3.77. The van der Waals surface area contributed by atoms with Crippen LogP contribution in [0.5, 0.6) is 0 Å². The van der Waals surface area contributed by atoms with Crippen LogP contribution in [-0.4, -0.2) is 14.8 Å². The molecule has 28 heavy (non-hydrogen) atoms. The molecule has 0 saturated heterocycles. The fourth-order valence-electron chi connectivity index (χ4n) is 3.77. The van der Waals surface area contributed by atoms with Crippen molar-refractivity contribution >= 4 is 10.9 Å². The first-order valence-electron chi connectivity index (χ1n) is 9.79. The van der Waals surface area contributed by atoms with Gasteiger partial charge >= 0.3 is 0 Å². The zero-order chi connectivity index (χ0) is 19.7. The highest BCUT2D eigenvalue weighted by Crippen LogP contribution is 2.34. The zero-order valence-electron chi connectivity index (χ0n) is 16.6. The second-order valence-corrected chi connectivity index (χ2v) is 7.57. The number of rotatable bonds is 5. The molecule has 1 atom stereocenters. The van der Waals surface area contributed by atoms with E-state index in [0.717, 1.165) is 39.1 Å². The summed E-state index contributed by atoms with van der Waals surface area (Å²) in [6, 6.07) is 23.0. The predicted octanol–water partition coefficient (Wildman–Crippen LogP) is 5.23. The Labute approximate surface area is 166 Å². The van der Waals surface area contributed by atoms with Crippen LogP contribution in [0.1, 0.15) is 42.9 Å². The fraction of sp³-hybridized carbons (Fsp3) is 0.250. The molecule has 2 aromatic heterocycles. The number of pyridine rings is 1. The van der Waals surface area contributed by atoms with E-state index in [-0.39, 0.29) is 12.1 Å². The van der Waals surface area contributed by atoms with Crippen LogP contribution in [0.25, 0.3) is 22.2 Å². The first-order valence-corrected chi connectivity index (χ1v) is 9.79. The molecule has 0 radical (unpaired) electrons. The van der Waals surface area contributed by atoms with E-state index in [2.05, 4.69) is 66.0 Å². The monoisotopic (exact) mass is 370 g/mol. The van der Waals surface area contributed by atoms with Gasteiger partial charge in [-0.15, -0.1) is 0 Å². The van der Waals surface area contributed by atoms with Gasteiger partial charge in [0.15, 0.2) is 0 Å². The van der Waals surface area contributed by atoms with E-state index in [1.807, 2.05) is 31.2 Å². The van der Waals surface area contributed by atoms with Crippen molar-refractivity contribution in [2.45, 2.75) is 39.3 Å². The predicted molar refractivity (Wildman–Crippen MR) is 115 cm³/mol. The van der Waals surface area contributed by atoms with Crippen molar-refractivity contribution in [2.24, 2.45) is 5.73 Å². The van der Waals surface area contributed by atoms with Crippen LogP contribution in [0.15, 0.2) is 66.7 Å². The lowest BCUT2D eigenvalue weighted by Crippen LogP contribution is -2.15. The topological polar surface area (TPSA) is 56.7 Å². The Morgan fingerprint density at radius 1 is 0.929 bits per heavy atom. The molecule has 0 aliphatic carbocycles. The number of nitrogens with two attached hydrogens (primary N) is 1. The van der Waals surface area contributed by atoms with E-state index < -0.39 is 0 Å². The molecule has 0 bridgehead atoms. The Hall–Kier alpha value is -2.98. The van der Waals surface area contributed by atoms with E-state index in [4.69, 9.17) is 10.8 Å². The van der Waals surface area contributed by atoms with Gasteiger partial charge < -0.3 is 5.73 Å². The number of hydrogen-bond acceptors (Lipinski definition) is 3. The maximum Gasteiger partial charge on any atom is 0.100 e. The summed E-state index contributed by atoms with van der Waals surface area (Å²) in [5.74, 6) is 0. The summed E-state index contributed by atoms with van der Waals surface area (Å²) < 4.78 is 2.09. The number of benzene rings is 2. The molecule has 4 rings (SSSR count). The Bertz CT molecular complexity index is 1110. The SMILES string of the molecule is Cc1cccc(CC(N)c2ccccc2-c2nn(C(C)C)c3ccccc23)n1. The van der Waals surface area contributed by atoms with E-state index in [1.165, 1.54) is 0 Å². The van der Waals surface area contributed by atoms with Gasteiger partial charge in [-0.2, -0.15) is 5.10 Å². The summed E-state index contributed by atoms with van der Waals surface area (Å²) in [6.07, 6.45) is 0.696. The van der Waals surface area contributed by atoms with Crippen LogP contribution in [-0.2, 0) is 6.42 Å². The number of aryl methyl sites for hydroxylation is 1. The largest absolute Gasteiger partial charge is 0.324 e. The van der Waals surface area contributed by atoms with Crippen LogP contribution in [0.4, 0.5) is 0 Å². The van der Waals surface area contributed by atoms with Crippen molar-refractivity contribution in [1.29, 1.82) is 0 Å². The van der Waals surface area contributed by atoms with Crippen molar-refractivity contribution in [2.75, 3.05) is 0 Å². The molecule has 0 spiro atoms. The van der Waals surface area contributed by atoms with Gasteiger partial charge in [0.1, 0.15) is 5.69 Å². The van der Waals surface area contributed by atoms with Gasteiger partial charge in [0, 0.05) is 40.8 Å². The summed E-state index contributed by atoms with van der Waals surface area (Å²) in [5.41, 5.74) is 13.0. The molecule has 0 aliphatic heterocycles. The van der Waals surface area contributed by atoms with Crippen LogP contribution in [0, 0.1) is 6.92 Å². The highest BCUT2D eigenvalue weighted by molar-refractivity contribution is 5.94. The van der Waals surface area contributed by atoms with Gasteiger partial charge in [-0.3, -0.25) is 9.67 Å². The Morgan fingerprint density at radius 2 is 1.68 bits per heavy atom. The molecule has 4 aromatic rings. The van der Waals surface area contributed by atoms with Crippen molar-refractivity contribution < 1.29 is 0 Å². The zero-order valence-corrected chi connectivity index (χ0v) is 16.6. The molecule has 4 heteroatoms. The summed E-state index contributed by atoms with van der Waals surface area (Å²) in [6.45, 7) is 6.32. The minimum absolute atomic E-state index is 0.145. The lowest BCUT2D eigenvalue weighted by Gasteiger charge is -2.16. The Kier molecular flexibility index (Phi) is 4.97. The standard InChI is InChI=1S/C24H26N4/c1-16(2)28-23-14-7-6-13-21(23)24(27-28)20-12-5-4-11-19(20)22(25)15-18-10-8-9-17(3)26-18/h4-14,16,22H,15,25H2,1-3H3. The lowest BCUT2D eigenvalue weighted by molar-refractivity contribution is 0.552. The van der Waals surface area contributed by atoms with E-state index in [1.54, 1.807) is 0 Å². The molecule has 1 unspecified atom stereocenters. The van der Waals surface area contributed by atoms with Gasteiger partial charge in [0.25, 0.3) is 0 Å². The third-order valence-corrected chi connectivity index (χ3v) is 5.09. The second kappa shape index (κ2) is 7.56. The molecule has 2 N–H and O–H groups in total. The molecule has 2 heterocycles. The number of nitrogens with zero attached hydrogens (tertiary/aromatic N) is 3. The normalized spacial score (nSPS) is 12.6. The quantitative estimate of drug-likeness (QED) is 0.523. The van der Waals surface area contributed by atoms with Crippen molar-refractivity contribution in [3.63, 3.8) is 0 Å². The number of para-hydroxylation sites is 1. The maximum atomic E-state index is 6.65. The first-order chi connectivity index (χ1) is 13.5. The van der Waals surface area contributed by atoms with Crippen LogP contribution < -0.4 is 5.73 Å². The van der Waals surface area contributed by atoms with E-state index in [9.17, 15) is 0 Å². The molecular weight excluding hydrogens is 344 g/mol. The van der Waals surface area contributed by atoms with Crippen LogP contribution in [0.3, 0.4) is 0 Å². The van der Waals surface area contributed by atoms with Gasteiger partial charge in [-0.1, -0.05) is 48.5 Å². The summed E-state index contributed by atoms with van der Waals surface area (Å²) in [7, 11) is 0. The third-order valence-electron chi connectivity index (χ3n) is 5.09. The molecule has 0 saturated carbocycles. The van der Waals surface area contributed by atoms with Gasteiger partial charge in [-0.25, -0.2) is 0 Å². The minimum Gasteiger partial charge on any atom is -0.324 e. The molecule has 0 aliphatic rings. The number of fused-ring (bicyclic) bond motifs is 1. The lowest BCUT2D eigenvalue weighted by atomic mass is 9.94. The number of hydrogen-bond donors (Lipinski definition) is 1. The first kappa shape index (κ1) is 18.4. The molecular formula is C24H26N4. The third kappa shape index (κ3) is 3.43. The second-order valence-electron chi connectivity index (χ2n) is 7.57. The maximum absolute atomic E-state index is 6.65. The highest BCUT2D eigenvalue weighted by Gasteiger charge is 2.19. The minimum atomic E-state index is -0.145. The summed E-state index contributed by atoms with van der Waals surface area (Å²) >= 11 is 0. The summed E-state index contributed by atoms with van der Waals surface area (Å²) in [4.78, 5) is 4.62. The Balaban J connectivity index is 1.79. The smallest absolute Gasteiger partial charge is 0.100 e. The van der Waals surface area contributed by atoms with Crippen molar-refractivity contribution in [3.05, 3.63) is 83.7 Å². The molecule has 0 fully saturated rings.